The summed E-state index contributed by atoms with van der Waals surface area (Å²) in [5.41, 5.74) is 1.04. The number of amides is 2. The van der Waals surface area contributed by atoms with Crippen LogP contribution in [0.1, 0.15) is 19.4 Å². The molecule has 0 aliphatic carbocycles. The monoisotopic (exact) mass is 283 g/mol. The molecule has 1 aromatic heterocycles. The van der Waals surface area contributed by atoms with E-state index in [1.54, 1.807) is 24.9 Å². The number of para-hydroxylation sites is 1. The SMILES string of the molecule is CC1(C)C(=O)NCC(=O)N1Cc1ccnc2ccccc12. The molecule has 1 saturated heterocycles. The van der Waals surface area contributed by atoms with Gasteiger partial charge in [-0.1, -0.05) is 18.2 Å². The van der Waals surface area contributed by atoms with Gasteiger partial charge in [0.25, 0.3) is 0 Å². The maximum absolute atomic E-state index is 12.2. The van der Waals surface area contributed by atoms with E-state index in [-0.39, 0.29) is 18.4 Å². The second kappa shape index (κ2) is 4.84. The first kappa shape index (κ1) is 13.5. The summed E-state index contributed by atoms with van der Waals surface area (Å²) in [5.74, 6) is -0.194. The molecule has 1 N–H and O–H groups in total. The van der Waals surface area contributed by atoms with E-state index in [1.165, 1.54) is 0 Å². The van der Waals surface area contributed by atoms with Crippen molar-refractivity contribution in [2.24, 2.45) is 0 Å². The van der Waals surface area contributed by atoms with Gasteiger partial charge in [-0.3, -0.25) is 14.6 Å². The summed E-state index contributed by atoms with van der Waals surface area (Å²) >= 11 is 0. The number of hydrogen-bond acceptors (Lipinski definition) is 3. The number of aromatic nitrogens is 1. The third kappa shape index (κ3) is 2.24. The molecule has 2 aromatic rings. The van der Waals surface area contributed by atoms with Gasteiger partial charge >= 0.3 is 0 Å². The molecule has 5 nitrogen and oxygen atoms in total. The topological polar surface area (TPSA) is 62.3 Å². The summed E-state index contributed by atoms with van der Waals surface area (Å²) in [4.78, 5) is 30.2. The van der Waals surface area contributed by atoms with Gasteiger partial charge in [0.05, 0.1) is 12.1 Å². The van der Waals surface area contributed by atoms with Crippen LogP contribution in [0.25, 0.3) is 10.9 Å². The van der Waals surface area contributed by atoms with E-state index in [0.717, 1.165) is 16.5 Å². The lowest BCUT2D eigenvalue weighted by atomic mass is 9.97. The maximum Gasteiger partial charge on any atom is 0.245 e. The van der Waals surface area contributed by atoms with Crippen molar-refractivity contribution in [1.82, 2.24) is 15.2 Å². The fourth-order valence-electron chi connectivity index (χ4n) is 2.65. The van der Waals surface area contributed by atoms with Gasteiger partial charge < -0.3 is 10.2 Å². The molecular formula is C16H17N3O2. The fourth-order valence-corrected chi connectivity index (χ4v) is 2.65. The van der Waals surface area contributed by atoms with Gasteiger partial charge in [0, 0.05) is 18.1 Å². The zero-order valence-electron chi connectivity index (χ0n) is 12.1. The summed E-state index contributed by atoms with van der Waals surface area (Å²) in [5, 5.41) is 3.64. The molecule has 1 aliphatic heterocycles. The Balaban J connectivity index is 2.01. The molecule has 0 radical (unpaired) electrons. The number of carbonyl (C=O) groups excluding carboxylic acids is 2. The van der Waals surface area contributed by atoms with Crippen LogP contribution < -0.4 is 5.32 Å². The molecule has 2 heterocycles. The van der Waals surface area contributed by atoms with E-state index < -0.39 is 5.54 Å². The zero-order valence-corrected chi connectivity index (χ0v) is 12.1. The highest BCUT2D eigenvalue weighted by molar-refractivity contribution is 5.97. The van der Waals surface area contributed by atoms with Crippen LogP contribution in [0.5, 0.6) is 0 Å². The fraction of sp³-hybridized carbons (Fsp3) is 0.312. The lowest BCUT2D eigenvalue weighted by Gasteiger charge is -2.41. The number of carbonyl (C=O) groups is 2. The smallest absolute Gasteiger partial charge is 0.245 e. The van der Waals surface area contributed by atoms with E-state index in [1.807, 2.05) is 30.3 Å². The first-order chi connectivity index (χ1) is 10.00. The molecule has 5 heteroatoms. The summed E-state index contributed by atoms with van der Waals surface area (Å²) < 4.78 is 0. The number of pyridine rings is 1. The van der Waals surface area contributed by atoms with E-state index in [9.17, 15) is 9.59 Å². The van der Waals surface area contributed by atoms with Crippen LogP contribution >= 0.6 is 0 Å². The molecule has 1 aliphatic rings. The van der Waals surface area contributed by atoms with E-state index >= 15 is 0 Å². The molecule has 0 saturated carbocycles. The summed E-state index contributed by atoms with van der Waals surface area (Å²) in [7, 11) is 0. The Morgan fingerprint density at radius 3 is 2.81 bits per heavy atom. The average Bonchev–Trinajstić information content (AvgIpc) is 2.48. The van der Waals surface area contributed by atoms with Gasteiger partial charge in [0.2, 0.25) is 11.8 Å². The number of hydrogen-bond donors (Lipinski definition) is 1. The molecule has 0 atom stereocenters. The Hall–Kier alpha value is -2.43. The lowest BCUT2D eigenvalue weighted by molar-refractivity contribution is -0.152. The molecule has 0 spiro atoms. The quantitative estimate of drug-likeness (QED) is 0.908. The predicted molar refractivity (Wildman–Crippen MR) is 79.4 cm³/mol. The molecule has 2 amide bonds. The van der Waals surface area contributed by atoms with Crippen LogP contribution in [-0.4, -0.2) is 33.8 Å². The second-order valence-electron chi connectivity index (χ2n) is 5.71. The highest BCUT2D eigenvalue weighted by Crippen LogP contribution is 2.24. The van der Waals surface area contributed by atoms with E-state index in [4.69, 9.17) is 0 Å². The minimum absolute atomic E-state index is 0.0608. The van der Waals surface area contributed by atoms with Crippen LogP contribution in [-0.2, 0) is 16.1 Å². The van der Waals surface area contributed by atoms with Crippen molar-refractivity contribution >= 4 is 22.7 Å². The van der Waals surface area contributed by atoms with Crippen molar-refractivity contribution in [1.29, 1.82) is 0 Å². The minimum Gasteiger partial charge on any atom is -0.345 e. The summed E-state index contributed by atoms with van der Waals surface area (Å²) in [6.45, 7) is 4.00. The molecule has 1 aromatic carbocycles. The summed E-state index contributed by atoms with van der Waals surface area (Å²) in [6, 6.07) is 9.71. The lowest BCUT2D eigenvalue weighted by Crippen LogP contribution is -2.63. The highest BCUT2D eigenvalue weighted by Gasteiger charge is 2.41. The third-order valence-corrected chi connectivity index (χ3v) is 4.00. The van der Waals surface area contributed by atoms with Crippen LogP contribution in [0, 0.1) is 0 Å². The van der Waals surface area contributed by atoms with Crippen molar-refractivity contribution in [2.75, 3.05) is 6.54 Å². The van der Waals surface area contributed by atoms with Gasteiger partial charge in [0.15, 0.2) is 0 Å². The van der Waals surface area contributed by atoms with Crippen molar-refractivity contribution in [2.45, 2.75) is 25.9 Å². The van der Waals surface area contributed by atoms with E-state index in [2.05, 4.69) is 10.3 Å². The number of nitrogens with zero attached hydrogens (tertiary/aromatic N) is 2. The number of rotatable bonds is 2. The van der Waals surface area contributed by atoms with Gasteiger partial charge in [-0.25, -0.2) is 0 Å². The molecule has 21 heavy (non-hydrogen) atoms. The highest BCUT2D eigenvalue weighted by atomic mass is 16.2. The molecule has 108 valence electrons. The Labute approximate surface area is 123 Å². The van der Waals surface area contributed by atoms with E-state index in [0.29, 0.717) is 6.54 Å². The standard InChI is InChI=1S/C16H17N3O2/c1-16(2)15(21)18-9-14(20)19(16)10-11-7-8-17-13-6-4-3-5-12(11)13/h3-8H,9-10H2,1-2H3,(H,18,21). The first-order valence-electron chi connectivity index (χ1n) is 6.91. The Morgan fingerprint density at radius 1 is 1.24 bits per heavy atom. The summed E-state index contributed by atoms with van der Waals surface area (Å²) in [6.07, 6.45) is 1.74. The molecule has 0 bridgehead atoms. The molecular weight excluding hydrogens is 266 g/mol. The Kier molecular flexibility index (Phi) is 3.12. The third-order valence-electron chi connectivity index (χ3n) is 4.00. The molecule has 0 unspecified atom stereocenters. The largest absolute Gasteiger partial charge is 0.345 e. The van der Waals surface area contributed by atoms with Gasteiger partial charge in [0.1, 0.15) is 5.54 Å². The van der Waals surface area contributed by atoms with Crippen molar-refractivity contribution in [3.8, 4) is 0 Å². The minimum atomic E-state index is -0.848. The van der Waals surface area contributed by atoms with Gasteiger partial charge in [-0.05, 0) is 31.5 Å². The second-order valence-corrected chi connectivity index (χ2v) is 5.71. The van der Waals surface area contributed by atoms with Crippen LogP contribution in [0.4, 0.5) is 0 Å². The zero-order chi connectivity index (χ0) is 15.0. The maximum atomic E-state index is 12.2. The van der Waals surface area contributed by atoms with Gasteiger partial charge in [-0.15, -0.1) is 0 Å². The Bertz CT molecular complexity index is 719. The molecule has 3 rings (SSSR count). The number of piperazine rings is 1. The number of benzene rings is 1. The van der Waals surface area contributed by atoms with Crippen molar-refractivity contribution in [3.63, 3.8) is 0 Å². The Morgan fingerprint density at radius 2 is 2.00 bits per heavy atom. The molecule has 1 fully saturated rings. The first-order valence-corrected chi connectivity index (χ1v) is 6.91. The number of nitrogens with one attached hydrogen (secondary N) is 1. The average molecular weight is 283 g/mol. The normalized spacial score (nSPS) is 17.9. The number of fused-ring (bicyclic) bond motifs is 1. The predicted octanol–water partition coefficient (Wildman–Crippen LogP) is 1.47. The van der Waals surface area contributed by atoms with Crippen LogP contribution in [0.2, 0.25) is 0 Å². The van der Waals surface area contributed by atoms with Crippen LogP contribution in [0.3, 0.4) is 0 Å². The van der Waals surface area contributed by atoms with Gasteiger partial charge in [-0.2, -0.15) is 0 Å². The van der Waals surface area contributed by atoms with Crippen LogP contribution in [0.15, 0.2) is 36.5 Å². The van der Waals surface area contributed by atoms with Crippen molar-refractivity contribution < 1.29 is 9.59 Å². The van der Waals surface area contributed by atoms with Crippen molar-refractivity contribution in [3.05, 3.63) is 42.1 Å².